The number of nitrogens with one attached hydrogen (secondary N) is 2. The van der Waals surface area contributed by atoms with Crippen molar-refractivity contribution < 1.29 is 23.5 Å². The maximum absolute atomic E-state index is 11.7. The summed E-state index contributed by atoms with van der Waals surface area (Å²) in [6.07, 6.45) is -2.62. The highest BCUT2D eigenvalue weighted by molar-refractivity contribution is 5.77. The van der Waals surface area contributed by atoms with E-state index in [0.29, 0.717) is 0 Å². The smallest absolute Gasteiger partial charge is 0.315 e. The number of amides is 2. The Morgan fingerprint density at radius 1 is 1.33 bits per heavy atom. The molecule has 3 N–H and O–H groups in total. The Morgan fingerprint density at radius 2 is 1.87 bits per heavy atom. The lowest BCUT2D eigenvalue weighted by Crippen LogP contribution is -2.44. The highest BCUT2D eigenvalue weighted by Gasteiger charge is 2.27. The molecule has 0 heterocycles. The molecule has 0 aromatic carbocycles. The summed E-state index contributed by atoms with van der Waals surface area (Å²) >= 11 is 0. The number of aliphatic carboxylic acids is 1. The Labute approximate surface area is 85.8 Å². The normalized spacial score (nSPS) is 11.3. The second-order valence-corrected chi connectivity index (χ2v) is 3.64. The van der Waals surface area contributed by atoms with E-state index in [-0.39, 0.29) is 6.54 Å². The summed E-state index contributed by atoms with van der Waals surface area (Å²) in [5, 5.41) is 12.8. The average molecular weight is 224 g/mol. The van der Waals surface area contributed by atoms with Gasteiger partial charge in [-0.05, 0) is 13.8 Å². The molecule has 5 nitrogen and oxygen atoms in total. The van der Waals surface area contributed by atoms with Crippen LogP contribution in [0.4, 0.5) is 13.6 Å². The molecule has 0 fully saturated rings. The molecular formula is C8H14F2N2O3. The minimum absolute atomic E-state index is 0.128. The Balaban J connectivity index is 3.85. The van der Waals surface area contributed by atoms with Gasteiger partial charge in [-0.15, -0.1) is 0 Å². The predicted octanol–water partition coefficient (Wildman–Crippen LogP) is 0.661. The van der Waals surface area contributed by atoms with E-state index in [9.17, 15) is 18.4 Å². The first-order chi connectivity index (χ1) is 6.75. The lowest BCUT2D eigenvalue weighted by atomic mass is 9.94. The van der Waals surface area contributed by atoms with E-state index in [0.717, 1.165) is 0 Å². The molecule has 0 radical (unpaired) electrons. The maximum atomic E-state index is 11.7. The van der Waals surface area contributed by atoms with Gasteiger partial charge in [-0.25, -0.2) is 13.6 Å². The van der Waals surface area contributed by atoms with Crippen molar-refractivity contribution in [2.75, 3.05) is 13.1 Å². The van der Waals surface area contributed by atoms with Gasteiger partial charge in [-0.3, -0.25) is 4.79 Å². The van der Waals surface area contributed by atoms with E-state index >= 15 is 0 Å². The van der Waals surface area contributed by atoms with Crippen molar-refractivity contribution in [1.82, 2.24) is 10.6 Å². The van der Waals surface area contributed by atoms with Crippen LogP contribution in [0.5, 0.6) is 0 Å². The van der Waals surface area contributed by atoms with Gasteiger partial charge in [0.1, 0.15) is 0 Å². The van der Waals surface area contributed by atoms with E-state index in [2.05, 4.69) is 5.32 Å². The number of carboxylic acids is 1. The van der Waals surface area contributed by atoms with Crippen molar-refractivity contribution in [3.63, 3.8) is 0 Å². The maximum Gasteiger partial charge on any atom is 0.315 e. The van der Waals surface area contributed by atoms with Crippen LogP contribution in [0.3, 0.4) is 0 Å². The third kappa shape index (κ3) is 5.82. The standard InChI is InChI=1S/C8H14F2N2O3/c1-8(2,6(13)14)4-12-7(15)11-3-5(9)10/h5H,3-4H2,1-2H3,(H,13,14)(H2,11,12,15). The van der Waals surface area contributed by atoms with Crippen LogP contribution in [0.2, 0.25) is 0 Å². The number of halogens is 2. The zero-order valence-corrected chi connectivity index (χ0v) is 8.51. The van der Waals surface area contributed by atoms with Gasteiger partial charge in [0.05, 0.1) is 12.0 Å². The van der Waals surface area contributed by atoms with Crippen LogP contribution in [-0.4, -0.2) is 36.6 Å². The molecule has 0 aliphatic rings. The van der Waals surface area contributed by atoms with Crippen molar-refractivity contribution in [3.05, 3.63) is 0 Å². The molecule has 0 rings (SSSR count). The average Bonchev–Trinajstić information content (AvgIpc) is 2.11. The first kappa shape index (κ1) is 13.6. The molecule has 0 aromatic rings. The molecule has 0 bridgehead atoms. The third-order valence-electron chi connectivity index (χ3n) is 1.69. The summed E-state index contributed by atoms with van der Waals surface area (Å²) < 4.78 is 23.3. The number of rotatable bonds is 5. The van der Waals surface area contributed by atoms with E-state index in [4.69, 9.17) is 5.11 Å². The molecule has 0 aliphatic carbocycles. The number of urea groups is 1. The van der Waals surface area contributed by atoms with Crippen LogP contribution in [0, 0.1) is 5.41 Å². The summed E-state index contributed by atoms with van der Waals surface area (Å²) in [5.41, 5.74) is -1.12. The van der Waals surface area contributed by atoms with Crippen molar-refractivity contribution in [3.8, 4) is 0 Å². The Bertz CT molecular complexity index is 244. The number of carboxylic acid groups (broad SMARTS) is 1. The van der Waals surface area contributed by atoms with Gasteiger partial charge < -0.3 is 15.7 Å². The molecule has 0 saturated carbocycles. The zero-order valence-electron chi connectivity index (χ0n) is 8.51. The monoisotopic (exact) mass is 224 g/mol. The van der Waals surface area contributed by atoms with E-state index in [1.165, 1.54) is 13.8 Å². The highest BCUT2D eigenvalue weighted by atomic mass is 19.3. The lowest BCUT2D eigenvalue weighted by molar-refractivity contribution is -0.146. The second-order valence-electron chi connectivity index (χ2n) is 3.64. The molecule has 0 spiro atoms. The van der Waals surface area contributed by atoms with E-state index in [1.54, 1.807) is 0 Å². The number of alkyl halides is 2. The van der Waals surface area contributed by atoms with Crippen LogP contribution in [-0.2, 0) is 4.79 Å². The summed E-state index contributed by atoms with van der Waals surface area (Å²) in [7, 11) is 0. The molecule has 0 atom stereocenters. The largest absolute Gasteiger partial charge is 0.481 e. The van der Waals surface area contributed by atoms with Crippen molar-refractivity contribution in [2.45, 2.75) is 20.3 Å². The first-order valence-corrected chi connectivity index (χ1v) is 4.29. The fourth-order valence-corrected chi connectivity index (χ4v) is 0.609. The first-order valence-electron chi connectivity index (χ1n) is 4.29. The Hall–Kier alpha value is -1.40. The van der Waals surface area contributed by atoms with Gasteiger partial charge in [0, 0.05) is 6.54 Å². The summed E-state index contributed by atoms with van der Waals surface area (Å²) in [5.74, 6) is -1.07. The molecule has 15 heavy (non-hydrogen) atoms. The second kappa shape index (κ2) is 5.47. The highest BCUT2D eigenvalue weighted by Crippen LogP contribution is 2.12. The summed E-state index contributed by atoms with van der Waals surface area (Å²) in [6, 6.07) is -0.801. The molecular weight excluding hydrogens is 210 g/mol. The van der Waals surface area contributed by atoms with E-state index in [1.807, 2.05) is 5.32 Å². The fraction of sp³-hybridized carbons (Fsp3) is 0.750. The van der Waals surface area contributed by atoms with Gasteiger partial charge >= 0.3 is 12.0 Å². The van der Waals surface area contributed by atoms with Gasteiger partial charge in [-0.1, -0.05) is 0 Å². The molecule has 88 valence electrons. The van der Waals surface area contributed by atoms with Gasteiger partial charge in [0.25, 0.3) is 6.43 Å². The van der Waals surface area contributed by atoms with Crippen molar-refractivity contribution in [2.24, 2.45) is 5.41 Å². The fourth-order valence-electron chi connectivity index (χ4n) is 0.609. The van der Waals surface area contributed by atoms with Crippen LogP contribution in [0.25, 0.3) is 0 Å². The third-order valence-corrected chi connectivity index (χ3v) is 1.69. The molecule has 0 saturated heterocycles. The SMILES string of the molecule is CC(C)(CNC(=O)NCC(F)F)C(=O)O. The summed E-state index contributed by atoms with van der Waals surface area (Å²) in [4.78, 5) is 21.5. The van der Waals surface area contributed by atoms with Crippen LogP contribution < -0.4 is 10.6 Å². The van der Waals surface area contributed by atoms with Gasteiger partial charge in [-0.2, -0.15) is 0 Å². The Kier molecular flexibility index (Phi) is 4.96. The van der Waals surface area contributed by atoms with Crippen LogP contribution >= 0.6 is 0 Å². The predicted molar refractivity (Wildman–Crippen MR) is 48.8 cm³/mol. The van der Waals surface area contributed by atoms with Crippen molar-refractivity contribution in [1.29, 1.82) is 0 Å². The molecule has 7 heteroatoms. The number of hydrogen-bond donors (Lipinski definition) is 3. The Morgan fingerprint density at radius 3 is 2.27 bits per heavy atom. The van der Waals surface area contributed by atoms with E-state index < -0.39 is 30.4 Å². The number of carbonyl (C=O) groups is 2. The molecule has 0 aliphatic heterocycles. The zero-order chi connectivity index (χ0) is 12.1. The van der Waals surface area contributed by atoms with Crippen LogP contribution in [0.1, 0.15) is 13.8 Å². The van der Waals surface area contributed by atoms with Gasteiger partial charge in [0.2, 0.25) is 0 Å². The van der Waals surface area contributed by atoms with Gasteiger partial charge in [0.15, 0.2) is 0 Å². The molecule has 0 aromatic heterocycles. The molecule has 2 amide bonds. The topological polar surface area (TPSA) is 78.4 Å². The minimum Gasteiger partial charge on any atom is -0.481 e. The van der Waals surface area contributed by atoms with Crippen LogP contribution in [0.15, 0.2) is 0 Å². The quantitative estimate of drug-likeness (QED) is 0.642. The minimum atomic E-state index is -2.62. The molecule has 0 unspecified atom stereocenters. The van der Waals surface area contributed by atoms with Crippen molar-refractivity contribution >= 4 is 12.0 Å². The lowest BCUT2D eigenvalue weighted by Gasteiger charge is -2.19. The number of hydrogen-bond acceptors (Lipinski definition) is 2. The number of carbonyl (C=O) groups excluding carboxylic acids is 1. The summed E-state index contributed by atoms with van der Waals surface area (Å²) in [6.45, 7) is 1.96.